The van der Waals surface area contributed by atoms with Crippen molar-refractivity contribution in [2.45, 2.75) is 38.8 Å². The summed E-state index contributed by atoms with van der Waals surface area (Å²) in [6, 6.07) is 0. The highest BCUT2D eigenvalue weighted by atomic mass is 35.5. The second-order valence-electron chi connectivity index (χ2n) is 3.76. The fourth-order valence-corrected chi connectivity index (χ4v) is 0.837. The van der Waals surface area contributed by atoms with Gasteiger partial charge in [0.05, 0.1) is 6.61 Å². The number of nitrogens with one attached hydrogen (secondary N) is 1. The van der Waals surface area contributed by atoms with Gasteiger partial charge in [0, 0.05) is 0 Å². The molecule has 0 radical (unpaired) electrons. The van der Waals surface area contributed by atoms with Gasteiger partial charge in [0.25, 0.3) is 0 Å². The summed E-state index contributed by atoms with van der Waals surface area (Å²) in [5.74, 6) is -0.704. The maximum absolute atomic E-state index is 11.2. The summed E-state index contributed by atoms with van der Waals surface area (Å²) in [6.45, 7) is 6.98. The Morgan fingerprint density at radius 1 is 1.40 bits per heavy atom. The topological polar surface area (TPSA) is 64.6 Å². The van der Waals surface area contributed by atoms with Crippen molar-refractivity contribution in [2.24, 2.45) is 0 Å². The molecule has 0 aliphatic carbocycles. The number of halogens is 1. The number of hydrogen-bond donors (Lipinski definition) is 1. The first-order chi connectivity index (χ1) is 6.76. The van der Waals surface area contributed by atoms with E-state index in [4.69, 9.17) is 16.3 Å². The number of hydrogen-bond acceptors (Lipinski definition) is 4. The van der Waals surface area contributed by atoms with Gasteiger partial charge in [0.2, 0.25) is 5.50 Å². The van der Waals surface area contributed by atoms with E-state index >= 15 is 0 Å². The molecule has 0 saturated carbocycles. The van der Waals surface area contributed by atoms with Gasteiger partial charge in [0.1, 0.15) is 5.60 Å². The molecule has 0 heterocycles. The van der Waals surface area contributed by atoms with E-state index in [1.165, 1.54) is 0 Å². The smallest absolute Gasteiger partial charge is 0.409 e. The molecule has 0 aliphatic heterocycles. The van der Waals surface area contributed by atoms with Crippen molar-refractivity contribution in [3.05, 3.63) is 0 Å². The Hall–Kier alpha value is -0.970. The van der Waals surface area contributed by atoms with E-state index in [2.05, 4.69) is 10.1 Å². The third kappa shape index (κ3) is 7.02. The van der Waals surface area contributed by atoms with E-state index < -0.39 is 23.2 Å². The molecule has 0 aromatic carbocycles. The Morgan fingerprint density at radius 2 is 1.93 bits per heavy atom. The highest BCUT2D eigenvalue weighted by Crippen LogP contribution is 2.07. The minimum absolute atomic E-state index is 0.206. The molecule has 5 nitrogen and oxygen atoms in total. The molecule has 0 spiro atoms. The Morgan fingerprint density at radius 3 is 2.33 bits per heavy atom. The molecule has 0 rings (SSSR count). The first kappa shape index (κ1) is 14.0. The zero-order valence-corrected chi connectivity index (χ0v) is 10.1. The quantitative estimate of drug-likeness (QED) is 0.460. The van der Waals surface area contributed by atoms with E-state index in [-0.39, 0.29) is 6.61 Å². The van der Waals surface area contributed by atoms with Crippen LogP contribution in [0, 0.1) is 0 Å². The summed E-state index contributed by atoms with van der Waals surface area (Å²) >= 11 is 5.55. The number of carbonyl (C=O) groups excluding carboxylic acids is 2. The van der Waals surface area contributed by atoms with Crippen molar-refractivity contribution >= 4 is 23.7 Å². The molecular formula is C9H16ClNO4. The lowest BCUT2D eigenvalue weighted by atomic mass is 10.2. The van der Waals surface area contributed by atoms with Gasteiger partial charge in [-0.05, 0) is 27.7 Å². The molecule has 1 atom stereocenters. The first-order valence-corrected chi connectivity index (χ1v) is 5.00. The Balaban J connectivity index is 4.02. The van der Waals surface area contributed by atoms with Crippen LogP contribution in [0.5, 0.6) is 0 Å². The zero-order chi connectivity index (χ0) is 12.1. The molecule has 0 fully saturated rings. The molecule has 1 amide bonds. The summed E-state index contributed by atoms with van der Waals surface area (Å²) in [6.07, 6.45) is -0.754. The standard InChI is InChI=1S/C9H16ClNO4/c1-5-14-7(12)6(10)11-8(13)15-9(2,3)4/h6H,5H2,1-4H3,(H,11,13). The van der Waals surface area contributed by atoms with E-state index in [9.17, 15) is 9.59 Å². The highest BCUT2D eigenvalue weighted by Gasteiger charge is 2.22. The lowest BCUT2D eigenvalue weighted by Gasteiger charge is -2.20. The second-order valence-corrected chi connectivity index (χ2v) is 4.20. The van der Waals surface area contributed by atoms with Crippen LogP contribution in [-0.2, 0) is 14.3 Å². The minimum atomic E-state index is -1.22. The number of carbonyl (C=O) groups is 2. The third-order valence-electron chi connectivity index (χ3n) is 1.14. The highest BCUT2D eigenvalue weighted by molar-refractivity contribution is 6.30. The maximum atomic E-state index is 11.2. The molecule has 6 heteroatoms. The number of ether oxygens (including phenoxy) is 2. The molecule has 1 N–H and O–H groups in total. The van der Waals surface area contributed by atoms with Gasteiger partial charge < -0.3 is 9.47 Å². The predicted octanol–water partition coefficient (Wildman–Crippen LogP) is 1.64. The van der Waals surface area contributed by atoms with E-state index in [0.717, 1.165) is 0 Å². The van der Waals surface area contributed by atoms with Crippen LogP contribution in [0.2, 0.25) is 0 Å². The van der Waals surface area contributed by atoms with Crippen LogP contribution >= 0.6 is 11.6 Å². The lowest BCUT2D eigenvalue weighted by Crippen LogP contribution is -2.41. The van der Waals surface area contributed by atoms with Crippen LogP contribution in [0.1, 0.15) is 27.7 Å². The van der Waals surface area contributed by atoms with Crippen molar-refractivity contribution in [2.75, 3.05) is 6.61 Å². The van der Waals surface area contributed by atoms with Crippen molar-refractivity contribution in [1.82, 2.24) is 5.32 Å². The molecule has 0 aromatic rings. The third-order valence-corrected chi connectivity index (χ3v) is 1.42. The maximum Gasteiger partial charge on any atom is 0.409 e. The normalized spacial score (nSPS) is 12.9. The zero-order valence-electron chi connectivity index (χ0n) is 9.30. The molecule has 15 heavy (non-hydrogen) atoms. The Bertz CT molecular complexity index is 237. The fourth-order valence-electron chi connectivity index (χ4n) is 0.685. The average molecular weight is 238 g/mol. The largest absolute Gasteiger partial charge is 0.464 e. The number of esters is 1. The number of amides is 1. The monoisotopic (exact) mass is 237 g/mol. The van der Waals surface area contributed by atoms with Gasteiger partial charge in [-0.15, -0.1) is 0 Å². The number of rotatable bonds is 3. The van der Waals surface area contributed by atoms with Crippen molar-refractivity contribution in [3.63, 3.8) is 0 Å². The lowest BCUT2D eigenvalue weighted by molar-refractivity contribution is -0.143. The number of alkyl carbamates (subject to hydrolysis) is 1. The van der Waals surface area contributed by atoms with Crippen LogP contribution < -0.4 is 5.32 Å². The predicted molar refractivity (Wildman–Crippen MR) is 55.6 cm³/mol. The van der Waals surface area contributed by atoms with Crippen LogP contribution in [0.3, 0.4) is 0 Å². The first-order valence-electron chi connectivity index (χ1n) is 4.56. The van der Waals surface area contributed by atoms with Gasteiger partial charge in [-0.1, -0.05) is 11.6 Å². The SMILES string of the molecule is CCOC(=O)C(Cl)NC(=O)OC(C)(C)C. The minimum Gasteiger partial charge on any atom is -0.464 e. The van der Waals surface area contributed by atoms with E-state index in [1.807, 2.05) is 0 Å². The number of alkyl halides is 1. The van der Waals surface area contributed by atoms with Crippen molar-refractivity contribution in [1.29, 1.82) is 0 Å². The van der Waals surface area contributed by atoms with E-state index in [0.29, 0.717) is 0 Å². The van der Waals surface area contributed by atoms with Crippen LogP contribution in [-0.4, -0.2) is 29.8 Å². The summed E-state index contributed by atoms with van der Waals surface area (Å²) in [7, 11) is 0. The second kappa shape index (κ2) is 5.80. The van der Waals surface area contributed by atoms with Crippen LogP contribution in [0.15, 0.2) is 0 Å². The molecule has 0 aliphatic rings. The van der Waals surface area contributed by atoms with Gasteiger partial charge >= 0.3 is 12.1 Å². The van der Waals surface area contributed by atoms with Gasteiger partial charge in [-0.3, -0.25) is 5.32 Å². The molecule has 0 bridgehead atoms. The average Bonchev–Trinajstić information content (AvgIpc) is 2.00. The van der Waals surface area contributed by atoms with Crippen molar-refractivity contribution < 1.29 is 19.1 Å². The van der Waals surface area contributed by atoms with Gasteiger partial charge in [-0.25, -0.2) is 9.59 Å². The molecule has 88 valence electrons. The van der Waals surface area contributed by atoms with Gasteiger partial charge in [-0.2, -0.15) is 0 Å². The molecule has 1 unspecified atom stereocenters. The van der Waals surface area contributed by atoms with Gasteiger partial charge in [0.15, 0.2) is 0 Å². The summed E-state index contributed by atoms with van der Waals surface area (Å²) in [4.78, 5) is 22.2. The van der Waals surface area contributed by atoms with E-state index in [1.54, 1.807) is 27.7 Å². The summed E-state index contributed by atoms with van der Waals surface area (Å²) in [5, 5.41) is 2.15. The molecule has 0 saturated heterocycles. The Labute approximate surface area is 94.1 Å². The van der Waals surface area contributed by atoms with Crippen LogP contribution in [0.4, 0.5) is 4.79 Å². The Kier molecular flexibility index (Phi) is 5.43. The fraction of sp³-hybridized carbons (Fsp3) is 0.778. The molecule has 0 aromatic heterocycles. The van der Waals surface area contributed by atoms with Crippen molar-refractivity contribution in [3.8, 4) is 0 Å². The molecular weight excluding hydrogens is 222 g/mol. The van der Waals surface area contributed by atoms with Crippen LogP contribution in [0.25, 0.3) is 0 Å². The summed E-state index contributed by atoms with van der Waals surface area (Å²) < 4.78 is 9.49. The summed E-state index contributed by atoms with van der Waals surface area (Å²) in [5.41, 5.74) is -1.85.